The predicted molar refractivity (Wildman–Crippen MR) is 82.4 cm³/mol. The highest BCUT2D eigenvalue weighted by Crippen LogP contribution is 2.18. The molecule has 0 spiro atoms. The van der Waals surface area contributed by atoms with Gasteiger partial charge >= 0.3 is 0 Å². The number of aromatic nitrogens is 4. The summed E-state index contributed by atoms with van der Waals surface area (Å²) in [5, 5.41) is 0. The topological polar surface area (TPSA) is 49.2 Å². The first-order valence-electron chi connectivity index (χ1n) is 7.00. The van der Waals surface area contributed by atoms with Gasteiger partial charge in [-0.15, -0.1) is 0 Å². The van der Waals surface area contributed by atoms with Crippen molar-refractivity contribution >= 4 is 17.9 Å². The number of H-pyrrole nitrogens is 1. The predicted octanol–water partition coefficient (Wildman–Crippen LogP) is 2.35. The summed E-state index contributed by atoms with van der Waals surface area (Å²) in [5.41, 5.74) is 4.55. The molecule has 4 rings (SSSR count). The van der Waals surface area contributed by atoms with Crippen molar-refractivity contribution < 1.29 is 0 Å². The molecule has 0 saturated carbocycles. The molecule has 0 aromatic carbocycles. The molecule has 0 fully saturated rings. The zero-order valence-corrected chi connectivity index (χ0v) is 12.3. The summed E-state index contributed by atoms with van der Waals surface area (Å²) in [7, 11) is 0. The normalized spacial score (nSPS) is 15.2. The first-order chi connectivity index (χ1) is 10.3. The summed E-state index contributed by atoms with van der Waals surface area (Å²) in [4.78, 5) is 14.4. The van der Waals surface area contributed by atoms with Crippen molar-refractivity contribution in [3.05, 3.63) is 58.5 Å². The maximum atomic E-state index is 5.08. The number of imidazole rings is 1. The maximum absolute atomic E-state index is 5.08. The third kappa shape index (κ3) is 2.48. The van der Waals surface area contributed by atoms with E-state index in [1.807, 2.05) is 30.6 Å². The molecule has 1 N–H and O–H groups in total. The SMILES string of the molecule is S=c1ncc2c([nH]1)CCN(Cc1cn3ccccc3n1)C2. The van der Waals surface area contributed by atoms with Gasteiger partial charge in [0.1, 0.15) is 5.65 Å². The van der Waals surface area contributed by atoms with Crippen molar-refractivity contribution in [2.75, 3.05) is 6.54 Å². The van der Waals surface area contributed by atoms with Gasteiger partial charge in [-0.25, -0.2) is 9.97 Å². The van der Waals surface area contributed by atoms with Crippen LogP contribution in [-0.2, 0) is 19.5 Å². The van der Waals surface area contributed by atoms with Crippen LogP contribution < -0.4 is 0 Å². The largest absolute Gasteiger partial charge is 0.334 e. The van der Waals surface area contributed by atoms with Gasteiger partial charge in [0.15, 0.2) is 4.77 Å². The summed E-state index contributed by atoms with van der Waals surface area (Å²) in [6, 6.07) is 6.06. The first kappa shape index (κ1) is 12.7. The Balaban J connectivity index is 1.55. The minimum atomic E-state index is 0.572. The molecule has 0 bridgehead atoms. The molecular formula is C15H15N5S. The number of hydrogen-bond donors (Lipinski definition) is 1. The Hall–Kier alpha value is -2.05. The van der Waals surface area contributed by atoms with E-state index in [1.54, 1.807) is 0 Å². The molecule has 0 unspecified atom stereocenters. The lowest BCUT2D eigenvalue weighted by molar-refractivity contribution is 0.240. The molecule has 3 aromatic heterocycles. The van der Waals surface area contributed by atoms with Gasteiger partial charge in [-0.2, -0.15) is 0 Å². The van der Waals surface area contributed by atoms with Crippen LogP contribution in [0.15, 0.2) is 36.8 Å². The lowest BCUT2D eigenvalue weighted by atomic mass is 10.1. The zero-order chi connectivity index (χ0) is 14.2. The average Bonchev–Trinajstić information content (AvgIpc) is 2.89. The van der Waals surface area contributed by atoms with Gasteiger partial charge in [-0.1, -0.05) is 6.07 Å². The van der Waals surface area contributed by atoms with E-state index in [0.29, 0.717) is 4.77 Å². The van der Waals surface area contributed by atoms with E-state index >= 15 is 0 Å². The van der Waals surface area contributed by atoms with Gasteiger partial charge < -0.3 is 9.38 Å². The van der Waals surface area contributed by atoms with E-state index in [4.69, 9.17) is 12.2 Å². The third-order valence-electron chi connectivity index (χ3n) is 3.85. The lowest BCUT2D eigenvalue weighted by Crippen LogP contribution is -2.31. The summed E-state index contributed by atoms with van der Waals surface area (Å²) in [6.07, 6.45) is 7.00. The fourth-order valence-electron chi connectivity index (χ4n) is 2.83. The Kier molecular flexibility index (Phi) is 3.05. The Bertz CT molecular complexity index is 817. The fourth-order valence-corrected chi connectivity index (χ4v) is 3.01. The van der Waals surface area contributed by atoms with Crippen molar-refractivity contribution in [1.82, 2.24) is 24.3 Å². The van der Waals surface area contributed by atoms with Gasteiger partial charge in [-0.05, 0) is 24.4 Å². The van der Waals surface area contributed by atoms with Crippen LogP contribution >= 0.6 is 12.2 Å². The van der Waals surface area contributed by atoms with Gasteiger partial charge in [-0.3, -0.25) is 4.90 Å². The highest BCUT2D eigenvalue weighted by molar-refractivity contribution is 7.71. The Labute approximate surface area is 127 Å². The van der Waals surface area contributed by atoms with E-state index in [2.05, 4.69) is 30.4 Å². The van der Waals surface area contributed by atoms with Crippen LogP contribution in [0.5, 0.6) is 0 Å². The van der Waals surface area contributed by atoms with Crippen LogP contribution in [0, 0.1) is 4.77 Å². The van der Waals surface area contributed by atoms with Crippen LogP contribution in [0.3, 0.4) is 0 Å². The summed E-state index contributed by atoms with van der Waals surface area (Å²) in [5.74, 6) is 0. The van der Waals surface area contributed by atoms with Crippen LogP contribution in [0.1, 0.15) is 17.0 Å². The van der Waals surface area contributed by atoms with E-state index in [9.17, 15) is 0 Å². The molecule has 4 heterocycles. The first-order valence-corrected chi connectivity index (χ1v) is 7.41. The standard InChI is InChI=1S/C15H15N5S/c21-15-16-7-11-8-19(6-4-13(11)18-15)9-12-10-20-5-2-1-3-14(20)17-12/h1-3,5,7,10H,4,6,8-9H2,(H,16,18,21). The van der Waals surface area contributed by atoms with Crippen LogP contribution in [0.25, 0.3) is 5.65 Å². The van der Waals surface area contributed by atoms with Crippen molar-refractivity contribution in [3.63, 3.8) is 0 Å². The molecular weight excluding hydrogens is 282 g/mol. The minimum absolute atomic E-state index is 0.572. The minimum Gasteiger partial charge on any atom is -0.334 e. The molecule has 0 saturated heterocycles. The molecule has 0 amide bonds. The highest BCUT2D eigenvalue weighted by Gasteiger charge is 2.18. The van der Waals surface area contributed by atoms with Crippen LogP contribution in [0.4, 0.5) is 0 Å². The average molecular weight is 297 g/mol. The van der Waals surface area contributed by atoms with Crippen molar-refractivity contribution in [2.24, 2.45) is 0 Å². The van der Waals surface area contributed by atoms with E-state index in [1.165, 1.54) is 11.3 Å². The Morgan fingerprint density at radius 1 is 1.33 bits per heavy atom. The second kappa shape index (κ2) is 5.05. The summed E-state index contributed by atoms with van der Waals surface area (Å²) in [6.45, 7) is 2.76. The number of nitrogens with zero attached hydrogens (tertiary/aromatic N) is 4. The number of aromatic amines is 1. The van der Waals surface area contributed by atoms with Crippen LogP contribution in [0.2, 0.25) is 0 Å². The van der Waals surface area contributed by atoms with Crippen molar-refractivity contribution in [3.8, 4) is 0 Å². The van der Waals surface area contributed by atoms with Gasteiger partial charge in [0, 0.05) is 55.9 Å². The smallest absolute Gasteiger partial charge is 0.196 e. The fraction of sp³-hybridized carbons (Fsp3) is 0.267. The molecule has 1 aliphatic rings. The summed E-state index contributed by atoms with van der Waals surface area (Å²) < 4.78 is 2.63. The quantitative estimate of drug-likeness (QED) is 0.738. The van der Waals surface area contributed by atoms with E-state index in [0.717, 1.165) is 37.4 Å². The lowest BCUT2D eigenvalue weighted by Gasteiger charge is -2.27. The molecule has 21 heavy (non-hydrogen) atoms. The molecule has 1 aliphatic heterocycles. The number of pyridine rings is 1. The molecule has 3 aromatic rings. The van der Waals surface area contributed by atoms with E-state index < -0.39 is 0 Å². The van der Waals surface area contributed by atoms with Gasteiger partial charge in [0.2, 0.25) is 0 Å². The molecule has 6 heteroatoms. The third-order valence-corrected chi connectivity index (χ3v) is 4.06. The monoisotopic (exact) mass is 297 g/mol. The van der Waals surface area contributed by atoms with Crippen molar-refractivity contribution in [2.45, 2.75) is 19.5 Å². The number of rotatable bonds is 2. The number of fused-ring (bicyclic) bond motifs is 2. The second-order valence-corrected chi connectivity index (χ2v) is 5.74. The molecule has 106 valence electrons. The van der Waals surface area contributed by atoms with E-state index in [-0.39, 0.29) is 0 Å². The molecule has 5 nitrogen and oxygen atoms in total. The maximum Gasteiger partial charge on any atom is 0.196 e. The van der Waals surface area contributed by atoms with Crippen molar-refractivity contribution in [1.29, 1.82) is 0 Å². The Morgan fingerprint density at radius 3 is 3.19 bits per heavy atom. The zero-order valence-electron chi connectivity index (χ0n) is 11.5. The molecule has 0 atom stereocenters. The number of hydrogen-bond acceptors (Lipinski definition) is 4. The second-order valence-electron chi connectivity index (χ2n) is 5.35. The van der Waals surface area contributed by atoms with Crippen LogP contribution in [-0.4, -0.2) is 30.8 Å². The molecule has 0 aliphatic carbocycles. The van der Waals surface area contributed by atoms with Gasteiger partial charge in [0.25, 0.3) is 0 Å². The number of nitrogens with one attached hydrogen (secondary N) is 1. The Morgan fingerprint density at radius 2 is 2.29 bits per heavy atom. The van der Waals surface area contributed by atoms with Gasteiger partial charge in [0.05, 0.1) is 5.69 Å². The highest BCUT2D eigenvalue weighted by atomic mass is 32.1. The summed E-state index contributed by atoms with van der Waals surface area (Å²) >= 11 is 5.08. The molecule has 0 radical (unpaired) electrons.